The van der Waals surface area contributed by atoms with Crippen LogP contribution in [0.2, 0.25) is 5.02 Å². The van der Waals surface area contributed by atoms with E-state index in [9.17, 15) is 14.4 Å². The number of barbiturate groups is 1. The Labute approximate surface area is 172 Å². The zero-order valence-electron chi connectivity index (χ0n) is 16.1. The van der Waals surface area contributed by atoms with Crippen LogP contribution in [-0.4, -0.2) is 31.1 Å². The summed E-state index contributed by atoms with van der Waals surface area (Å²) in [6.45, 7) is 3.70. The van der Waals surface area contributed by atoms with Crippen molar-refractivity contribution in [3.8, 4) is 11.5 Å². The standard InChI is InChI=1S/C21H19ClN2O5/c1-12(2)29-18-13(5-4-6-17(18)28-3)11-16-19(25)23-21(27)24(20(16)26)15-9-7-14(22)8-10-15/h4-12H,1-3H3,(H,23,25,27)/b16-11-. The monoisotopic (exact) mass is 414 g/mol. The van der Waals surface area contributed by atoms with Crippen molar-refractivity contribution in [3.05, 3.63) is 58.6 Å². The van der Waals surface area contributed by atoms with Crippen LogP contribution in [0.4, 0.5) is 10.5 Å². The van der Waals surface area contributed by atoms with Crippen LogP contribution in [0.3, 0.4) is 0 Å². The highest BCUT2D eigenvalue weighted by Crippen LogP contribution is 2.34. The van der Waals surface area contributed by atoms with Crippen LogP contribution in [0.1, 0.15) is 19.4 Å². The smallest absolute Gasteiger partial charge is 0.335 e. The Morgan fingerprint density at radius 2 is 1.76 bits per heavy atom. The minimum atomic E-state index is -0.830. The van der Waals surface area contributed by atoms with Gasteiger partial charge in [0.15, 0.2) is 11.5 Å². The molecule has 7 nitrogen and oxygen atoms in total. The highest BCUT2D eigenvalue weighted by atomic mass is 35.5. The minimum Gasteiger partial charge on any atom is -0.493 e. The summed E-state index contributed by atoms with van der Waals surface area (Å²) in [5.41, 5.74) is 0.558. The molecule has 1 heterocycles. The highest BCUT2D eigenvalue weighted by Gasteiger charge is 2.37. The van der Waals surface area contributed by atoms with Crippen molar-refractivity contribution in [1.82, 2.24) is 5.32 Å². The lowest BCUT2D eigenvalue weighted by Gasteiger charge is -2.26. The largest absolute Gasteiger partial charge is 0.493 e. The van der Waals surface area contributed by atoms with Crippen LogP contribution in [0.15, 0.2) is 48.0 Å². The Hall–Kier alpha value is -3.32. The van der Waals surface area contributed by atoms with Crippen LogP contribution >= 0.6 is 11.6 Å². The number of anilines is 1. The van der Waals surface area contributed by atoms with E-state index in [-0.39, 0.29) is 11.7 Å². The SMILES string of the molecule is COc1cccc(/C=C2/C(=O)NC(=O)N(c3ccc(Cl)cc3)C2=O)c1OC(C)C. The van der Waals surface area contributed by atoms with Crippen LogP contribution in [0.25, 0.3) is 6.08 Å². The maximum Gasteiger partial charge on any atom is 0.335 e. The molecular weight excluding hydrogens is 396 g/mol. The molecule has 29 heavy (non-hydrogen) atoms. The van der Waals surface area contributed by atoms with Gasteiger partial charge in [0, 0.05) is 10.6 Å². The number of methoxy groups -OCH3 is 1. The lowest BCUT2D eigenvalue weighted by atomic mass is 10.1. The molecule has 8 heteroatoms. The number of amides is 4. The molecule has 0 bridgehead atoms. The number of rotatable bonds is 5. The summed E-state index contributed by atoms with van der Waals surface area (Å²) < 4.78 is 11.1. The fourth-order valence-electron chi connectivity index (χ4n) is 2.81. The van der Waals surface area contributed by atoms with Gasteiger partial charge in [-0.25, -0.2) is 9.69 Å². The fraction of sp³-hybridized carbons (Fsp3) is 0.190. The average Bonchev–Trinajstić information content (AvgIpc) is 2.67. The molecule has 0 spiro atoms. The number of hydrogen-bond donors (Lipinski definition) is 1. The maximum atomic E-state index is 13.0. The first-order valence-electron chi connectivity index (χ1n) is 8.82. The number of carbonyl (C=O) groups excluding carboxylic acids is 3. The van der Waals surface area contributed by atoms with Gasteiger partial charge in [-0.2, -0.15) is 0 Å². The van der Waals surface area contributed by atoms with E-state index in [4.69, 9.17) is 21.1 Å². The minimum absolute atomic E-state index is 0.161. The predicted molar refractivity (Wildman–Crippen MR) is 109 cm³/mol. The second-order valence-corrected chi connectivity index (χ2v) is 6.92. The van der Waals surface area contributed by atoms with Crippen molar-refractivity contribution in [2.45, 2.75) is 20.0 Å². The van der Waals surface area contributed by atoms with Gasteiger partial charge in [-0.1, -0.05) is 23.7 Å². The summed E-state index contributed by atoms with van der Waals surface area (Å²) in [4.78, 5) is 38.6. The Kier molecular flexibility index (Phi) is 5.89. The molecular formula is C21H19ClN2O5. The zero-order chi connectivity index (χ0) is 21.1. The Bertz CT molecular complexity index is 999. The number of nitrogens with one attached hydrogen (secondary N) is 1. The number of halogens is 1. The topological polar surface area (TPSA) is 84.9 Å². The molecule has 1 aliphatic heterocycles. The fourth-order valence-corrected chi connectivity index (χ4v) is 2.93. The lowest BCUT2D eigenvalue weighted by molar-refractivity contribution is -0.122. The van der Waals surface area contributed by atoms with E-state index in [0.717, 1.165) is 4.90 Å². The summed E-state index contributed by atoms with van der Waals surface area (Å²) in [7, 11) is 1.50. The second-order valence-electron chi connectivity index (χ2n) is 6.48. The van der Waals surface area contributed by atoms with Gasteiger partial charge in [0.25, 0.3) is 11.8 Å². The van der Waals surface area contributed by atoms with Gasteiger partial charge in [-0.05, 0) is 50.3 Å². The first-order valence-corrected chi connectivity index (χ1v) is 9.20. The van der Waals surface area contributed by atoms with Gasteiger partial charge in [0.2, 0.25) is 0 Å². The van der Waals surface area contributed by atoms with Crippen LogP contribution < -0.4 is 19.7 Å². The van der Waals surface area contributed by atoms with Crippen LogP contribution in [0, 0.1) is 0 Å². The molecule has 1 fully saturated rings. The molecule has 1 N–H and O–H groups in total. The molecule has 1 saturated heterocycles. The Morgan fingerprint density at radius 3 is 2.38 bits per heavy atom. The van der Waals surface area contributed by atoms with Gasteiger partial charge >= 0.3 is 6.03 Å². The van der Waals surface area contributed by atoms with Crippen LogP contribution in [-0.2, 0) is 9.59 Å². The third kappa shape index (κ3) is 4.25. The molecule has 0 atom stereocenters. The third-order valence-corrected chi connectivity index (χ3v) is 4.32. The summed E-state index contributed by atoms with van der Waals surface area (Å²) in [5.74, 6) is -0.682. The number of carbonyl (C=O) groups is 3. The summed E-state index contributed by atoms with van der Waals surface area (Å²) >= 11 is 5.87. The molecule has 0 aliphatic carbocycles. The summed E-state index contributed by atoms with van der Waals surface area (Å²) in [5, 5.41) is 2.64. The average molecular weight is 415 g/mol. The van der Waals surface area contributed by atoms with Crippen molar-refractivity contribution < 1.29 is 23.9 Å². The Balaban J connectivity index is 2.06. The number of imide groups is 2. The van der Waals surface area contributed by atoms with E-state index >= 15 is 0 Å². The van der Waals surface area contributed by atoms with E-state index in [1.54, 1.807) is 30.3 Å². The first kappa shape index (κ1) is 20.4. The van der Waals surface area contributed by atoms with E-state index < -0.39 is 17.8 Å². The zero-order valence-corrected chi connectivity index (χ0v) is 16.8. The predicted octanol–water partition coefficient (Wildman–Crippen LogP) is 3.80. The third-order valence-electron chi connectivity index (χ3n) is 4.07. The molecule has 3 rings (SSSR count). The van der Waals surface area contributed by atoms with Crippen molar-refractivity contribution in [1.29, 1.82) is 0 Å². The highest BCUT2D eigenvalue weighted by molar-refractivity contribution is 6.39. The normalized spacial score (nSPS) is 15.7. The van der Waals surface area contributed by atoms with Crippen molar-refractivity contribution in [2.75, 3.05) is 12.0 Å². The molecule has 2 aromatic rings. The van der Waals surface area contributed by atoms with Crippen molar-refractivity contribution in [3.63, 3.8) is 0 Å². The van der Waals surface area contributed by atoms with Crippen molar-refractivity contribution >= 4 is 41.2 Å². The Morgan fingerprint density at radius 1 is 1.07 bits per heavy atom. The molecule has 0 radical (unpaired) electrons. The number of benzene rings is 2. The molecule has 0 saturated carbocycles. The summed E-state index contributed by atoms with van der Waals surface area (Å²) in [6.07, 6.45) is 1.22. The molecule has 1 aliphatic rings. The van der Waals surface area contributed by atoms with Crippen LogP contribution in [0.5, 0.6) is 11.5 Å². The first-order chi connectivity index (χ1) is 13.8. The quantitative estimate of drug-likeness (QED) is 0.594. The maximum absolute atomic E-state index is 13.0. The number of urea groups is 1. The van der Waals surface area contributed by atoms with E-state index in [0.29, 0.717) is 27.8 Å². The number of hydrogen-bond acceptors (Lipinski definition) is 5. The van der Waals surface area contributed by atoms with E-state index in [1.165, 1.54) is 25.3 Å². The van der Waals surface area contributed by atoms with Gasteiger partial charge in [0.05, 0.1) is 18.9 Å². The molecule has 2 aromatic carbocycles. The van der Waals surface area contributed by atoms with Gasteiger partial charge in [0.1, 0.15) is 5.57 Å². The van der Waals surface area contributed by atoms with E-state index in [1.807, 2.05) is 13.8 Å². The molecule has 4 amide bonds. The van der Waals surface area contributed by atoms with Gasteiger partial charge < -0.3 is 9.47 Å². The number of ether oxygens (including phenoxy) is 2. The molecule has 0 unspecified atom stereocenters. The number of nitrogens with zero attached hydrogens (tertiary/aromatic N) is 1. The molecule has 150 valence electrons. The molecule has 0 aromatic heterocycles. The lowest BCUT2D eigenvalue weighted by Crippen LogP contribution is -2.54. The second kappa shape index (κ2) is 8.36. The summed E-state index contributed by atoms with van der Waals surface area (Å²) in [6, 6.07) is 10.4. The number of para-hydroxylation sites is 1. The van der Waals surface area contributed by atoms with Gasteiger partial charge in [-0.3, -0.25) is 14.9 Å². The van der Waals surface area contributed by atoms with Gasteiger partial charge in [-0.15, -0.1) is 0 Å². The van der Waals surface area contributed by atoms with Crippen molar-refractivity contribution in [2.24, 2.45) is 0 Å². The van der Waals surface area contributed by atoms with E-state index in [2.05, 4.69) is 5.32 Å².